The second-order valence-electron chi connectivity index (χ2n) is 11.6. The zero-order valence-corrected chi connectivity index (χ0v) is 26.1. The lowest BCUT2D eigenvalue weighted by atomic mass is 9.86. The maximum absolute atomic E-state index is 13.5. The average Bonchev–Trinajstić information content (AvgIpc) is 2.93. The Bertz CT molecular complexity index is 1550. The number of sulfonamides is 1. The van der Waals surface area contributed by atoms with E-state index in [0.717, 1.165) is 43.3 Å². The van der Waals surface area contributed by atoms with Crippen LogP contribution in [0.4, 0.5) is 17.3 Å². The smallest absolute Gasteiger partial charge is 0.255 e. The molecular formula is C30H40N6O5S. The van der Waals surface area contributed by atoms with Crippen LogP contribution < -0.4 is 29.7 Å². The number of piperidine rings is 1. The number of methoxy groups -OCH3 is 1. The Morgan fingerprint density at radius 3 is 2.43 bits per heavy atom. The molecule has 0 bridgehead atoms. The summed E-state index contributed by atoms with van der Waals surface area (Å²) >= 11 is 0. The number of hydrogen-bond donors (Lipinski definition) is 3. The van der Waals surface area contributed by atoms with Gasteiger partial charge in [0.15, 0.2) is 5.75 Å². The third kappa shape index (κ3) is 7.68. The molecule has 0 spiro atoms. The molecule has 11 nitrogen and oxygen atoms in total. The highest BCUT2D eigenvalue weighted by Gasteiger charge is 2.23. The molecule has 0 aliphatic carbocycles. The van der Waals surface area contributed by atoms with Gasteiger partial charge >= 0.3 is 0 Å². The zero-order valence-electron chi connectivity index (χ0n) is 25.2. The highest BCUT2D eigenvalue weighted by molar-refractivity contribution is 7.92. The minimum absolute atomic E-state index is 0.205. The summed E-state index contributed by atoms with van der Waals surface area (Å²) in [6.07, 6.45) is 4.75. The molecule has 1 aliphatic heterocycles. The second-order valence-corrected chi connectivity index (χ2v) is 13.3. The fraction of sp³-hybridized carbons (Fsp3) is 0.433. The normalized spacial score (nSPS) is 14.3. The number of benzene rings is 2. The maximum Gasteiger partial charge on any atom is 0.255 e. The van der Waals surface area contributed by atoms with E-state index in [4.69, 9.17) is 9.47 Å². The van der Waals surface area contributed by atoms with Crippen molar-refractivity contribution in [3.05, 3.63) is 59.3 Å². The second kappa shape index (κ2) is 12.5. The van der Waals surface area contributed by atoms with Gasteiger partial charge in [-0.1, -0.05) is 26.8 Å². The Hall–Kier alpha value is -3.90. The number of ether oxygens (including phenoxy) is 2. The molecule has 4 rings (SSSR count). The summed E-state index contributed by atoms with van der Waals surface area (Å²) in [6.45, 7) is 9.80. The Morgan fingerprint density at radius 2 is 1.79 bits per heavy atom. The molecule has 2 heterocycles. The SMILES string of the molecule is COc1c(NC(=O)c2ccc(C)c(Oc3ccnc(N(C)C4CCNCC4)n3)c2)cc(C(C)(C)C)cc1NS(C)(=O)=O. The van der Waals surface area contributed by atoms with Crippen LogP contribution in [0.2, 0.25) is 0 Å². The number of aromatic nitrogens is 2. The van der Waals surface area contributed by atoms with Crippen LogP contribution >= 0.6 is 0 Å². The minimum atomic E-state index is -3.60. The molecule has 1 aromatic heterocycles. The fourth-order valence-corrected chi connectivity index (χ4v) is 5.28. The van der Waals surface area contributed by atoms with Gasteiger partial charge in [-0.3, -0.25) is 9.52 Å². The van der Waals surface area contributed by atoms with Gasteiger partial charge in [-0.2, -0.15) is 4.98 Å². The van der Waals surface area contributed by atoms with Gasteiger partial charge in [0, 0.05) is 30.9 Å². The maximum atomic E-state index is 13.5. The van der Waals surface area contributed by atoms with Gasteiger partial charge in [-0.05, 0) is 73.7 Å². The van der Waals surface area contributed by atoms with Crippen LogP contribution in [0.5, 0.6) is 17.4 Å². The molecule has 1 amide bonds. The summed E-state index contributed by atoms with van der Waals surface area (Å²) in [4.78, 5) is 24.6. The van der Waals surface area contributed by atoms with E-state index in [0.29, 0.717) is 34.9 Å². The van der Waals surface area contributed by atoms with Crippen molar-refractivity contribution in [2.75, 3.05) is 48.4 Å². The molecule has 12 heteroatoms. The summed E-state index contributed by atoms with van der Waals surface area (Å²) in [6, 6.07) is 10.7. The lowest BCUT2D eigenvalue weighted by Gasteiger charge is -2.31. The third-order valence-electron chi connectivity index (χ3n) is 7.16. The topological polar surface area (TPSA) is 135 Å². The summed E-state index contributed by atoms with van der Waals surface area (Å²) in [5, 5.41) is 6.26. The number of amides is 1. The number of rotatable bonds is 9. The molecule has 226 valence electrons. The number of aryl methyl sites for hydroxylation is 1. The lowest BCUT2D eigenvalue weighted by molar-refractivity contribution is 0.102. The van der Waals surface area contributed by atoms with Gasteiger partial charge in [0.05, 0.1) is 24.7 Å². The first-order chi connectivity index (χ1) is 19.7. The standard InChI is InChI=1S/C30H40N6O5S/c1-19-8-9-20(16-25(19)41-26-12-15-32-29(34-26)36(5)22-10-13-31-14-11-22)28(37)33-23-17-21(30(2,3)4)18-24(27(23)40-6)35-42(7,38)39/h8-9,12,15-18,22,31,35H,10-11,13-14H2,1-7H3,(H,33,37). The van der Waals surface area contributed by atoms with Crippen LogP contribution in [0.3, 0.4) is 0 Å². The fourth-order valence-electron chi connectivity index (χ4n) is 4.73. The van der Waals surface area contributed by atoms with Crippen LogP contribution in [0, 0.1) is 6.92 Å². The summed E-state index contributed by atoms with van der Waals surface area (Å²) in [7, 11) is -0.187. The Labute approximate surface area is 248 Å². The summed E-state index contributed by atoms with van der Waals surface area (Å²) in [5.74, 6) is 1.22. The van der Waals surface area contributed by atoms with E-state index in [1.54, 1.807) is 42.6 Å². The Kier molecular flexibility index (Phi) is 9.27. The average molecular weight is 597 g/mol. The minimum Gasteiger partial charge on any atom is -0.492 e. The molecular weight excluding hydrogens is 556 g/mol. The van der Waals surface area contributed by atoms with Crippen molar-refractivity contribution >= 4 is 33.3 Å². The molecule has 0 unspecified atom stereocenters. The van der Waals surface area contributed by atoms with Crippen molar-refractivity contribution in [1.29, 1.82) is 0 Å². The monoisotopic (exact) mass is 596 g/mol. The summed E-state index contributed by atoms with van der Waals surface area (Å²) in [5.41, 5.74) is 2.23. The predicted molar refractivity (Wildman–Crippen MR) is 166 cm³/mol. The number of carbonyl (C=O) groups is 1. The summed E-state index contributed by atoms with van der Waals surface area (Å²) < 4.78 is 38.3. The molecule has 0 radical (unpaired) electrons. The number of anilines is 3. The first-order valence-corrected chi connectivity index (χ1v) is 15.7. The van der Waals surface area contributed by atoms with Gasteiger partial charge in [0.1, 0.15) is 5.75 Å². The highest BCUT2D eigenvalue weighted by atomic mass is 32.2. The van der Waals surface area contributed by atoms with E-state index in [1.165, 1.54) is 7.11 Å². The van der Waals surface area contributed by atoms with E-state index in [2.05, 4.69) is 30.2 Å². The number of nitrogens with zero attached hydrogens (tertiary/aromatic N) is 3. The first kappa shape index (κ1) is 31.0. The van der Waals surface area contributed by atoms with Gasteiger partial charge in [-0.25, -0.2) is 13.4 Å². The first-order valence-electron chi connectivity index (χ1n) is 13.8. The van der Waals surface area contributed by atoms with Crippen molar-refractivity contribution in [3.63, 3.8) is 0 Å². The van der Waals surface area contributed by atoms with E-state index in [1.807, 2.05) is 34.7 Å². The molecule has 1 aliphatic rings. The Balaban J connectivity index is 1.60. The van der Waals surface area contributed by atoms with E-state index >= 15 is 0 Å². The molecule has 2 aromatic carbocycles. The molecule has 3 N–H and O–H groups in total. The third-order valence-corrected chi connectivity index (χ3v) is 7.75. The Morgan fingerprint density at radius 1 is 1.10 bits per heavy atom. The van der Waals surface area contributed by atoms with Gasteiger partial charge in [0.2, 0.25) is 21.9 Å². The van der Waals surface area contributed by atoms with E-state index in [9.17, 15) is 13.2 Å². The molecule has 0 saturated carbocycles. The quantitative estimate of drug-likeness (QED) is 0.321. The molecule has 1 fully saturated rings. The van der Waals surface area contributed by atoms with Crippen molar-refractivity contribution in [2.24, 2.45) is 0 Å². The number of hydrogen-bond acceptors (Lipinski definition) is 9. The van der Waals surface area contributed by atoms with Crippen LogP contribution in [-0.4, -0.2) is 63.8 Å². The molecule has 1 saturated heterocycles. The molecule has 3 aromatic rings. The van der Waals surface area contributed by atoms with Crippen molar-refractivity contribution in [3.8, 4) is 17.4 Å². The van der Waals surface area contributed by atoms with Gasteiger partial charge < -0.3 is 25.0 Å². The largest absolute Gasteiger partial charge is 0.492 e. The van der Waals surface area contributed by atoms with Crippen LogP contribution in [-0.2, 0) is 15.4 Å². The van der Waals surface area contributed by atoms with Crippen molar-refractivity contribution < 1.29 is 22.7 Å². The number of nitrogens with one attached hydrogen (secondary N) is 3. The van der Waals surface area contributed by atoms with Crippen molar-refractivity contribution in [1.82, 2.24) is 15.3 Å². The van der Waals surface area contributed by atoms with Crippen LogP contribution in [0.25, 0.3) is 0 Å². The van der Waals surface area contributed by atoms with E-state index in [-0.39, 0.29) is 16.9 Å². The van der Waals surface area contributed by atoms with Gasteiger partial charge in [-0.15, -0.1) is 0 Å². The highest BCUT2D eigenvalue weighted by Crippen LogP contribution is 2.39. The van der Waals surface area contributed by atoms with Crippen molar-refractivity contribution in [2.45, 2.75) is 52.0 Å². The van der Waals surface area contributed by atoms with Gasteiger partial charge in [0.25, 0.3) is 5.91 Å². The molecule has 42 heavy (non-hydrogen) atoms. The lowest BCUT2D eigenvalue weighted by Crippen LogP contribution is -2.41. The predicted octanol–water partition coefficient (Wildman–Crippen LogP) is 4.70. The zero-order chi connectivity index (χ0) is 30.7. The van der Waals surface area contributed by atoms with E-state index < -0.39 is 15.9 Å². The van der Waals surface area contributed by atoms with Crippen LogP contribution in [0.15, 0.2) is 42.6 Å². The van der Waals surface area contributed by atoms with Crippen LogP contribution in [0.1, 0.15) is 55.1 Å². The number of carbonyl (C=O) groups excluding carboxylic acids is 1. The molecule has 0 atom stereocenters.